The number of carbonyl (C=O) groups is 1. The fourth-order valence-corrected chi connectivity index (χ4v) is 4.43. The van der Waals surface area contributed by atoms with Gasteiger partial charge in [0.15, 0.2) is 10.9 Å². The van der Waals surface area contributed by atoms with Gasteiger partial charge in [0, 0.05) is 5.56 Å². The summed E-state index contributed by atoms with van der Waals surface area (Å²) in [5.41, 5.74) is 1.75. The number of Topliss-reactive ketones (excluding diaryl/α,β-unsaturated/α-hetero) is 1. The Bertz CT molecular complexity index is 1040. The van der Waals surface area contributed by atoms with Crippen molar-refractivity contribution in [2.45, 2.75) is 12.1 Å². The van der Waals surface area contributed by atoms with Crippen molar-refractivity contribution in [1.82, 2.24) is 14.6 Å². The average Bonchev–Trinajstić information content (AvgIpc) is 3.20. The summed E-state index contributed by atoms with van der Waals surface area (Å²) >= 11 is 3.01. The third-order valence-electron chi connectivity index (χ3n) is 3.73. The van der Waals surface area contributed by atoms with Crippen molar-refractivity contribution >= 4 is 44.1 Å². The maximum atomic E-state index is 12.4. The van der Waals surface area contributed by atoms with Crippen LogP contribution >= 0.6 is 23.1 Å². The molecule has 7 heteroatoms. The summed E-state index contributed by atoms with van der Waals surface area (Å²) in [6.07, 6.45) is 0. The van der Waals surface area contributed by atoms with Gasteiger partial charge in [0.1, 0.15) is 5.75 Å². The normalized spacial score (nSPS) is 11.2. The molecule has 5 nitrogen and oxygen atoms in total. The summed E-state index contributed by atoms with van der Waals surface area (Å²) < 4.78 is 8.57. The van der Waals surface area contributed by atoms with Crippen molar-refractivity contribution in [3.63, 3.8) is 0 Å². The molecule has 0 bridgehead atoms. The quantitative estimate of drug-likeness (QED) is 0.374. The first-order valence-corrected chi connectivity index (χ1v) is 9.68. The first-order chi connectivity index (χ1) is 12.3. The molecule has 0 saturated heterocycles. The Hall–Kier alpha value is -2.38. The zero-order valence-electron chi connectivity index (χ0n) is 13.5. The van der Waals surface area contributed by atoms with Crippen LogP contribution in [0.15, 0.2) is 53.7 Å². The van der Waals surface area contributed by atoms with Crippen molar-refractivity contribution in [1.29, 1.82) is 0 Å². The molecule has 0 atom stereocenters. The lowest BCUT2D eigenvalue weighted by atomic mass is 10.1. The molecule has 0 unspecified atom stereocenters. The number of thiazole rings is 1. The lowest BCUT2D eigenvalue weighted by molar-refractivity contribution is 0.102. The second-order valence-corrected chi connectivity index (χ2v) is 7.29. The first kappa shape index (κ1) is 16.1. The molecule has 4 rings (SSSR count). The molecule has 0 fully saturated rings. The number of hydrogen-bond acceptors (Lipinski definition) is 6. The highest BCUT2D eigenvalue weighted by Crippen LogP contribution is 2.29. The summed E-state index contributed by atoms with van der Waals surface area (Å²) in [7, 11) is 0. The van der Waals surface area contributed by atoms with Gasteiger partial charge in [-0.15, -0.1) is 10.2 Å². The zero-order chi connectivity index (χ0) is 17.2. The van der Waals surface area contributed by atoms with Gasteiger partial charge in [-0.1, -0.05) is 35.2 Å². The van der Waals surface area contributed by atoms with Crippen molar-refractivity contribution in [2.24, 2.45) is 0 Å². The number of para-hydroxylation sites is 1. The van der Waals surface area contributed by atoms with Crippen LogP contribution in [0.4, 0.5) is 0 Å². The summed E-state index contributed by atoms with van der Waals surface area (Å²) in [6, 6.07) is 15.4. The predicted molar refractivity (Wildman–Crippen MR) is 101 cm³/mol. The molecule has 25 heavy (non-hydrogen) atoms. The van der Waals surface area contributed by atoms with Gasteiger partial charge in [-0.05, 0) is 43.3 Å². The van der Waals surface area contributed by atoms with Crippen LogP contribution in [-0.4, -0.2) is 32.7 Å². The molecule has 0 aliphatic rings. The molecule has 126 valence electrons. The summed E-state index contributed by atoms with van der Waals surface area (Å²) in [5, 5.41) is 9.19. The number of fused-ring (bicyclic) bond motifs is 3. The molecule has 0 aliphatic heterocycles. The van der Waals surface area contributed by atoms with Crippen LogP contribution in [0, 0.1) is 0 Å². The van der Waals surface area contributed by atoms with Crippen molar-refractivity contribution < 1.29 is 9.53 Å². The van der Waals surface area contributed by atoms with Crippen LogP contribution in [0.25, 0.3) is 15.2 Å². The van der Waals surface area contributed by atoms with E-state index in [9.17, 15) is 4.79 Å². The second-order valence-electron chi connectivity index (χ2n) is 5.34. The molecular weight excluding hydrogens is 354 g/mol. The van der Waals surface area contributed by atoms with Crippen LogP contribution < -0.4 is 4.74 Å². The van der Waals surface area contributed by atoms with E-state index in [0.29, 0.717) is 17.9 Å². The van der Waals surface area contributed by atoms with Crippen LogP contribution in [0.5, 0.6) is 5.75 Å². The van der Waals surface area contributed by atoms with E-state index in [1.165, 1.54) is 11.8 Å². The number of nitrogens with zero attached hydrogens (tertiary/aromatic N) is 3. The monoisotopic (exact) mass is 369 g/mol. The number of thioether (sulfide) groups is 1. The summed E-state index contributed by atoms with van der Waals surface area (Å²) in [4.78, 5) is 13.3. The predicted octanol–water partition coefficient (Wildman–Crippen LogP) is 4.32. The fourth-order valence-electron chi connectivity index (χ4n) is 2.57. The molecule has 0 amide bonds. The Morgan fingerprint density at radius 3 is 2.76 bits per heavy atom. The van der Waals surface area contributed by atoms with Gasteiger partial charge in [0.25, 0.3) is 0 Å². The Kier molecular flexibility index (Phi) is 4.42. The lowest BCUT2D eigenvalue weighted by Crippen LogP contribution is -2.03. The van der Waals surface area contributed by atoms with Crippen LogP contribution in [0.3, 0.4) is 0 Å². The molecular formula is C18H15N3O2S2. The molecule has 2 aromatic heterocycles. The van der Waals surface area contributed by atoms with E-state index in [1.54, 1.807) is 23.5 Å². The number of rotatable bonds is 6. The smallest absolute Gasteiger partial charge is 0.217 e. The van der Waals surface area contributed by atoms with Crippen molar-refractivity contribution in [3.05, 3.63) is 54.1 Å². The Balaban J connectivity index is 1.52. The van der Waals surface area contributed by atoms with Gasteiger partial charge in [-0.3, -0.25) is 9.20 Å². The minimum absolute atomic E-state index is 0.0596. The summed E-state index contributed by atoms with van der Waals surface area (Å²) in [5.74, 6) is 1.15. The number of ether oxygens (including phenoxy) is 1. The van der Waals surface area contributed by atoms with Crippen LogP contribution in [-0.2, 0) is 0 Å². The molecule has 0 radical (unpaired) electrons. The summed E-state index contributed by atoms with van der Waals surface area (Å²) in [6.45, 7) is 2.55. The van der Waals surface area contributed by atoms with Crippen LogP contribution in [0.2, 0.25) is 0 Å². The van der Waals surface area contributed by atoms with E-state index in [1.807, 2.05) is 41.7 Å². The largest absolute Gasteiger partial charge is 0.494 e. The molecule has 0 spiro atoms. The zero-order valence-corrected chi connectivity index (χ0v) is 15.1. The molecule has 0 aliphatic carbocycles. The minimum Gasteiger partial charge on any atom is -0.494 e. The van der Waals surface area contributed by atoms with E-state index in [4.69, 9.17) is 4.74 Å². The lowest BCUT2D eigenvalue weighted by Gasteiger charge is -2.04. The first-order valence-electron chi connectivity index (χ1n) is 7.88. The highest BCUT2D eigenvalue weighted by atomic mass is 32.2. The average molecular weight is 369 g/mol. The maximum Gasteiger partial charge on any atom is 0.217 e. The number of benzene rings is 2. The van der Waals surface area contributed by atoms with Gasteiger partial charge in [0.05, 0.1) is 22.6 Å². The third-order valence-corrected chi connectivity index (χ3v) is 5.67. The van der Waals surface area contributed by atoms with Gasteiger partial charge in [0.2, 0.25) is 4.96 Å². The third kappa shape index (κ3) is 3.12. The van der Waals surface area contributed by atoms with Gasteiger partial charge in [-0.2, -0.15) is 0 Å². The van der Waals surface area contributed by atoms with Crippen molar-refractivity contribution in [3.8, 4) is 5.75 Å². The molecule has 0 saturated carbocycles. The van der Waals surface area contributed by atoms with E-state index in [0.717, 1.165) is 26.1 Å². The number of ketones is 1. The Morgan fingerprint density at radius 1 is 1.16 bits per heavy atom. The minimum atomic E-state index is 0.0596. The second kappa shape index (κ2) is 6.85. The van der Waals surface area contributed by atoms with Gasteiger partial charge >= 0.3 is 0 Å². The molecule has 0 N–H and O–H groups in total. The molecule has 2 heterocycles. The number of hydrogen-bond donors (Lipinski definition) is 0. The molecule has 2 aromatic carbocycles. The standard InChI is InChI=1S/C18H15N3O2S2/c1-2-23-13-9-7-12(8-10-13)15(22)11-24-17-19-20-18-21(17)14-5-3-4-6-16(14)25-18/h3-10H,2,11H2,1H3. The fraction of sp³-hybridized carbons (Fsp3) is 0.167. The van der Waals surface area contributed by atoms with E-state index in [2.05, 4.69) is 16.3 Å². The van der Waals surface area contributed by atoms with E-state index in [-0.39, 0.29) is 5.78 Å². The highest BCUT2D eigenvalue weighted by molar-refractivity contribution is 7.99. The Morgan fingerprint density at radius 2 is 1.96 bits per heavy atom. The molecule has 4 aromatic rings. The Labute approximate surface area is 152 Å². The van der Waals surface area contributed by atoms with Gasteiger partial charge < -0.3 is 4.74 Å². The number of carbonyl (C=O) groups excluding carboxylic acids is 1. The van der Waals surface area contributed by atoms with Crippen molar-refractivity contribution in [2.75, 3.05) is 12.4 Å². The maximum absolute atomic E-state index is 12.4. The van der Waals surface area contributed by atoms with Gasteiger partial charge in [-0.25, -0.2) is 0 Å². The number of aromatic nitrogens is 3. The SMILES string of the molecule is CCOc1ccc(C(=O)CSc2nnc3sc4ccccc4n23)cc1. The highest BCUT2D eigenvalue weighted by Gasteiger charge is 2.14. The topological polar surface area (TPSA) is 56.5 Å². The van der Waals surface area contributed by atoms with E-state index < -0.39 is 0 Å². The van der Waals surface area contributed by atoms with Crippen LogP contribution in [0.1, 0.15) is 17.3 Å². The van der Waals surface area contributed by atoms with E-state index >= 15 is 0 Å².